The molecule has 0 amide bonds. The van der Waals surface area contributed by atoms with E-state index in [4.69, 9.17) is 11.6 Å². The summed E-state index contributed by atoms with van der Waals surface area (Å²) in [5, 5.41) is 9.09. The van der Waals surface area contributed by atoms with E-state index in [1.165, 1.54) is 0 Å². The van der Waals surface area contributed by atoms with E-state index in [1.54, 1.807) is 6.07 Å². The Morgan fingerprint density at radius 2 is 2.00 bits per heavy atom. The van der Waals surface area contributed by atoms with Crippen LogP contribution in [0.3, 0.4) is 0 Å². The van der Waals surface area contributed by atoms with Crippen LogP contribution in [0.2, 0.25) is 5.15 Å². The summed E-state index contributed by atoms with van der Waals surface area (Å²) in [6.07, 6.45) is 0. The van der Waals surface area contributed by atoms with Gasteiger partial charge in [-0.2, -0.15) is 0 Å². The Hall–Kier alpha value is -0.670. The van der Waals surface area contributed by atoms with Gasteiger partial charge in [-0.1, -0.05) is 33.6 Å². The molecule has 0 N–H and O–H groups in total. The number of benzene rings is 1. The number of fused-ring (bicyclic) bond motifs is 1. The smallest absolute Gasteiger partial charge is 0.149 e. The predicted molar refractivity (Wildman–Crippen MR) is 52.2 cm³/mol. The molecule has 1 aromatic carbocycles. The maximum atomic E-state index is 5.67. The molecular weight excluding hydrogens is 239 g/mol. The monoisotopic (exact) mass is 242 g/mol. The van der Waals surface area contributed by atoms with Crippen LogP contribution in [-0.4, -0.2) is 10.2 Å². The second-order valence-corrected chi connectivity index (χ2v) is 3.67. The van der Waals surface area contributed by atoms with Crippen molar-refractivity contribution in [1.29, 1.82) is 0 Å². The summed E-state index contributed by atoms with van der Waals surface area (Å²) in [5.41, 5.74) is 0.841. The largest absolute Gasteiger partial charge is 0.152 e. The standard InChI is InChI=1S/C8H4BrClN2/c9-6-2-1-5-3-8(10)12-11-7(5)4-6/h1-4H. The topological polar surface area (TPSA) is 25.8 Å². The molecule has 0 spiro atoms. The SMILES string of the molecule is Clc1cc2ccc(Br)cc2nn1. The van der Waals surface area contributed by atoms with E-state index in [1.807, 2.05) is 18.2 Å². The quantitative estimate of drug-likeness (QED) is 0.711. The molecule has 12 heavy (non-hydrogen) atoms. The van der Waals surface area contributed by atoms with Crippen molar-refractivity contribution in [3.8, 4) is 0 Å². The van der Waals surface area contributed by atoms with E-state index in [0.29, 0.717) is 5.15 Å². The molecule has 1 aromatic heterocycles. The van der Waals surface area contributed by atoms with Crippen molar-refractivity contribution in [3.05, 3.63) is 33.9 Å². The fraction of sp³-hybridized carbons (Fsp3) is 0. The Balaban J connectivity index is 2.79. The summed E-state index contributed by atoms with van der Waals surface area (Å²) in [6, 6.07) is 7.58. The van der Waals surface area contributed by atoms with E-state index < -0.39 is 0 Å². The fourth-order valence-corrected chi connectivity index (χ4v) is 1.49. The molecule has 0 bridgehead atoms. The predicted octanol–water partition coefficient (Wildman–Crippen LogP) is 3.05. The normalized spacial score (nSPS) is 10.5. The van der Waals surface area contributed by atoms with E-state index in [2.05, 4.69) is 26.1 Å². The minimum atomic E-state index is 0.421. The Kier molecular flexibility index (Phi) is 1.98. The molecule has 0 unspecified atom stereocenters. The first kappa shape index (κ1) is 7.95. The summed E-state index contributed by atoms with van der Waals surface area (Å²) in [5.74, 6) is 0. The molecule has 2 nitrogen and oxygen atoms in total. The van der Waals surface area contributed by atoms with Crippen LogP contribution < -0.4 is 0 Å². The molecule has 0 saturated carbocycles. The highest BCUT2D eigenvalue weighted by Crippen LogP contribution is 2.18. The van der Waals surface area contributed by atoms with Crippen LogP contribution in [0.25, 0.3) is 10.9 Å². The van der Waals surface area contributed by atoms with Gasteiger partial charge >= 0.3 is 0 Å². The van der Waals surface area contributed by atoms with Gasteiger partial charge in [-0.3, -0.25) is 0 Å². The van der Waals surface area contributed by atoms with Crippen LogP contribution in [0.5, 0.6) is 0 Å². The lowest BCUT2D eigenvalue weighted by atomic mass is 10.2. The van der Waals surface area contributed by atoms with Crippen molar-refractivity contribution in [2.75, 3.05) is 0 Å². The summed E-state index contributed by atoms with van der Waals surface area (Å²) < 4.78 is 0.992. The van der Waals surface area contributed by atoms with Gasteiger partial charge in [0.05, 0.1) is 5.52 Å². The molecule has 0 aliphatic carbocycles. The van der Waals surface area contributed by atoms with Crippen molar-refractivity contribution < 1.29 is 0 Å². The first-order valence-corrected chi connectivity index (χ1v) is 4.51. The molecule has 0 saturated heterocycles. The summed E-state index contributed by atoms with van der Waals surface area (Å²) in [4.78, 5) is 0. The number of nitrogens with zero attached hydrogens (tertiary/aromatic N) is 2. The molecule has 0 aliphatic rings. The van der Waals surface area contributed by atoms with Crippen LogP contribution in [0.15, 0.2) is 28.7 Å². The van der Waals surface area contributed by atoms with Gasteiger partial charge in [0.2, 0.25) is 0 Å². The number of rotatable bonds is 0. The lowest BCUT2D eigenvalue weighted by Crippen LogP contribution is -1.83. The van der Waals surface area contributed by atoms with Crippen LogP contribution in [0.1, 0.15) is 0 Å². The number of halogens is 2. The molecule has 0 radical (unpaired) electrons. The van der Waals surface area contributed by atoms with E-state index in [0.717, 1.165) is 15.4 Å². The van der Waals surface area contributed by atoms with Gasteiger partial charge in [0.15, 0.2) is 5.15 Å². The Labute approximate surface area is 82.7 Å². The molecule has 2 aromatic rings. The lowest BCUT2D eigenvalue weighted by Gasteiger charge is -1.95. The van der Waals surface area contributed by atoms with E-state index in [9.17, 15) is 0 Å². The van der Waals surface area contributed by atoms with Crippen molar-refractivity contribution >= 4 is 38.4 Å². The second-order valence-electron chi connectivity index (χ2n) is 2.37. The van der Waals surface area contributed by atoms with E-state index in [-0.39, 0.29) is 0 Å². The summed E-state index contributed by atoms with van der Waals surface area (Å²) in [6.45, 7) is 0. The van der Waals surface area contributed by atoms with Gasteiger partial charge in [-0.05, 0) is 18.2 Å². The van der Waals surface area contributed by atoms with Gasteiger partial charge in [-0.15, -0.1) is 10.2 Å². The molecule has 1 heterocycles. The Bertz CT molecular complexity index is 389. The molecular formula is C8H4BrClN2. The highest BCUT2D eigenvalue weighted by molar-refractivity contribution is 9.10. The van der Waals surface area contributed by atoms with Crippen molar-refractivity contribution in [2.24, 2.45) is 0 Å². The van der Waals surface area contributed by atoms with Crippen LogP contribution in [-0.2, 0) is 0 Å². The third-order valence-corrected chi connectivity index (χ3v) is 2.20. The fourth-order valence-electron chi connectivity index (χ4n) is 0.984. The van der Waals surface area contributed by atoms with E-state index >= 15 is 0 Å². The molecule has 60 valence electrons. The lowest BCUT2D eigenvalue weighted by molar-refractivity contribution is 1.08. The van der Waals surface area contributed by atoms with Crippen molar-refractivity contribution in [3.63, 3.8) is 0 Å². The van der Waals surface area contributed by atoms with Gasteiger partial charge < -0.3 is 0 Å². The molecule has 4 heteroatoms. The average Bonchev–Trinajstić information content (AvgIpc) is 2.05. The minimum Gasteiger partial charge on any atom is -0.149 e. The Morgan fingerprint density at radius 3 is 2.83 bits per heavy atom. The first-order valence-electron chi connectivity index (χ1n) is 3.34. The zero-order valence-electron chi connectivity index (χ0n) is 5.96. The summed E-state index contributed by atoms with van der Waals surface area (Å²) >= 11 is 9.02. The number of hydrogen-bond acceptors (Lipinski definition) is 2. The van der Waals surface area contributed by atoms with Gasteiger partial charge in [0, 0.05) is 9.86 Å². The van der Waals surface area contributed by atoms with Crippen molar-refractivity contribution in [2.45, 2.75) is 0 Å². The van der Waals surface area contributed by atoms with Gasteiger partial charge in [-0.25, -0.2) is 0 Å². The van der Waals surface area contributed by atoms with Gasteiger partial charge in [0.1, 0.15) is 0 Å². The summed E-state index contributed by atoms with van der Waals surface area (Å²) in [7, 11) is 0. The zero-order valence-corrected chi connectivity index (χ0v) is 8.30. The second kappa shape index (κ2) is 2.99. The molecule has 0 aliphatic heterocycles. The van der Waals surface area contributed by atoms with Crippen LogP contribution >= 0.6 is 27.5 Å². The molecule has 2 rings (SSSR count). The minimum absolute atomic E-state index is 0.421. The third kappa shape index (κ3) is 1.42. The first-order chi connectivity index (χ1) is 5.75. The Morgan fingerprint density at radius 1 is 1.17 bits per heavy atom. The van der Waals surface area contributed by atoms with Crippen LogP contribution in [0, 0.1) is 0 Å². The average molecular weight is 243 g/mol. The third-order valence-electron chi connectivity index (χ3n) is 1.52. The highest BCUT2D eigenvalue weighted by atomic mass is 79.9. The zero-order chi connectivity index (χ0) is 8.55. The molecule has 0 fully saturated rings. The van der Waals surface area contributed by atoms with Crippen LogP contribution in [0.4, 0.5) is 0 Å². The highest BCUT2D eigenvalue weighted by Gasteiger charge is 1.97. The van der Waals surface area contributed by atoms with Gasteiger partial charge in [0.25, 0.3) is 0 Å². The number of aromatic nitrogens is 2. The maximum Gasteiger partial charge on any atom is 0.152 e. The van der Waals surface area contributed by atoms with Crippen molar-refractivity contribution in [1.82, 2.24) is 10.2 Å². The molecule has 0 atom stereocenters. The maximum absolute atomic E-state index is 5.67. The number of hydrogen-bond donors (Lipinski definition) is 0.